The third kappa shape index (κ3) is 1.38. The zero-order valence-electron chi connectivity index (χ0n) is 8.52. The summed E-state index contributed by atoms with van der Waals surface area (Å²) in [5.41, 5.74) is 9.91. The van der Waals surface area contributed by atoms with E-state index in [-0.39, 0.29) is 5.56 Å². The summed E-state index contributed by atoms with van der Waals surface area (Å²) < 4.78 is 0. The molecule has 3 nitrogen and oxygen atoms in total. The Morgan fingerprint density at radius 2 is 2.07 bits per heavy atom. The summed E-state index contributed by atoms with van der Waals surface area (Å²) in [6.07, 6.45) is 4.51. The van der Waals surface area contributed by atoms with Crippen molar-refractivity contribution in [2.24, 2.45) is 5.73 Å². The average Bonchev–Trinajstić information content (AvgIpc) is 2.18. The van der Waals surface area contributed by atoms with E-state index in [4.69, 9.17) is 5.73 Å². The number of aromatic nitrogens is 1. The van der Waals surface area contributed by atoms with E-state index in [1.54, 1.807) is 0 Å². The Balaban J connectivity index is 2.63. The van der Waals surface area contributed by atoms with Gasteiger partial charge in [0, 0.05) is 17.8 Å². The van der Waals surface area contributed by atoms with Crippen LogP contribution in [0.1, 0.15) is 35.2 Å². The molecule has 1 aliphatic rings. The van der Waals surface area contributed by atoms with Crippen LogP contribution in [0.4, 0.5) is 0 Å². The highest BCUT2D eigenvalue weighted by atomic mass is 16.1. The summed E-state index contributed by atoms with van der Waals surface area (Å²) in [4.78, 5) is 14.6. The normalized spacial score (nSPS) is 15.3. The van der Waals surface area contributed by atoms with Gasteiger partial charge < -0.3 is 10.7 Å². The van der Waals surface area contributed by atoms with E-state index in [1.165, 1.54) is 18.4 Å². The van der Waals surface area contributed by atoms with Gasteiger partial charge in [0.15, 0.2) is 0 Å². The predicted molar refractivity (Wildman–Crippen MR) is 56.3 cm³/mol. The van der Waals surface area contributed by atoms with Crippen molar-refractivity contribution in [3.63, 3.8) is 0 Å². The zero-order chi connectivity index (χ0) is 10.1. The maximum Gasteiger partial charge on any atom is 0.252 e. The molecule has 1 aliphatic carbocycles. The first-order valence-electron chi connectivity index (χ1n) is 5.17. The molecular formula is C11H16N2O. The topological polar surface area (TPSA) is 58.9 Å². The van der Waals surface area contributed by atoms with Crippen molar-refractivity contribution in [2.75, 3.05) is 0 Å². The van der Waals surface area contributed by atoms with Crippen molar-refractivity contribution >= 4 is 0 Å². The minimum atomic E-state index is 0.00523. The van der Waals surface area contributed by atoms with Crippen LogP contribution in [0, 0.1) is 6.92 Å². The van der Waals surface area contributed by atoms with Gasteiger partial charge in [0.25, 0.3) is 5.56 Å². The number of fused-ring (bicyclic) bond motifs is 1. The largest absolute Gasteiger partial charge is 0.326 e. The van der Waals surface area contributed by atoms with E-state index in [2.05, 4.69) is 4.98 Å². The van der Waals surface area contributed by atoms with Gasteiger partial charge >= 0.3 is 0 Å². The van der Waals surface area contributed by atoms with E-state index >= 15 is 0 Å². The predicted octanol–water partition coefficient (Wildman–Crippen LogP) is 1.02. The van der Waals surface area contributed by atoms with Gasteiger partial charge in [-0.25, -0.2) is 0 Å². The number of hydrogen-bond donors (Lipinski definition) is 2. The number of nitrogens with two attached hydrogens (primary N) is 1. The molecule has 76 valence electrons. The van der Waals surface area contributed by atoms with E-state index in [1.807, 2.05) is 6.92 Å². The fourth-order valence-electron chi connectivity index (χ4n) is 2.27. The highest BCUT2D eigenvalue weighted by Crippen LogP contribution is 2.22. The van der Waals surface area contributed by atoms with Crippen LogP contribution < -0.4 is 11.3 Å². The minimum absolute atomic E-state index is 0.00523. The maximum absolute atomic E-state index is 11.6. The molecule has 0 saturated carbocycles. The van der Waals surface area contributed by atoms with Crippen LogP contribution in [-0.2, 0) is 19.4 Å². The van der Waals surface area contributed by atoms with Crippen molar-refractivity contribution in [1.82, 2.24) is 4.98 Å². The summed E-state index contributed by atoms with van der Waals surface area (Å²) >= 11 is 0. The van der Waals surface area contributed by atoms with Crippen LogP contribution in [-0.4, -0.2) is 4.98 Å². The monoisotopic (exact) mass is 192 g/mol. The number of hydrogen-bond acceptors (Lipinski definition) is 2. The molecule has 0 unspecified atom stereocenters. The van der Waals surface area contributed by atoms with Crippen molar-refractivity contribution < 1.29 is 0 Å². The third-order valence-electron chi connectivity index (χ3n) is 3.12. The molecule has 0 aromatic carbocycles. The lowest BCUT2D eigenvalue weighted by Crippen LogP contribution is -2.23. The second-order valence-electron chi connectivity index (χ2n) is 3.93. The number of rotatable bonds is 1. The number of aromatic amines is 1. The van der Waals surface area contributed by atoms with Gasteiger partial charge in [-0.15, -0.1) is 0 Å². The fraction of sp³-hybridized carbons (Fsp3) is 0.545. The third-order valence-corrected chi connectivity index (χ3v) is 3.12. The number of pyridine rings is 1. The summed E-state index contributed by atoms with van der Waals surface area (Å²) in [5.74, 6) is 0. The molecule has 1 aromatic rings. The number of aryl methyl sites for hydroxylation is 1. The van der Waals surface area contributed by atoms with E-state index in [0.717, 1.165) is 29.7 Å². The molecule has 3 N–H and O–H groups in total. The van der Waals surface area contributed by atoms with Gasteiger partial charge in [0.1, 0.15) is 0 Å². The molecule has 0 bridgehead atoms. The lowest BCUT2D eigenvalue weighted by molar-refractivity contribution is 0.657. The molecule has 0 radical (unpaired) electrons. The molecule has 0 saturated heterocycles. The number of nitrogens with one attached hydrogen (secondary N) is 1. The van der Waals surface area contributed by atoms with Gasteiger partial charge in [-0.3, -0.25) is 4.79 Å². The van der Waals surface area contributed by atoms with E-state index in [0.29, 0.717) is 6.54 Å². The molecule has 2 rings (SSSR count). The van der Waals surface area contributed by atoms with Gasteiger partial charge in [-0.05, 0) is 43.7 Å². The van der Waals surface area contributed by atoms with Gasteiger partial charge in [0.2, 0.25) is 0 Å². The average molecular weight is 192 g/mol. The molecular weight excluding hydrogens is 176 g/mol. The molecule has 1 aromatic heterocycles. The molecule has 3 heteroatoms. The Hall–Kier alpha value is -1.09. The first-order chi connectivity index (χ1) is 6.74. The fourth-order valence-corrected chi connectivity index (χ4v) is 2.27. The van der Waals surface area contributed by atoms with Crippen LogP contribution in [0.15, 0.2) is 4.79 Å². The van der Waals surface area contributed by atoms with E-state index < -0.39 is 0 Å². The Kier molecular flexibility index (Phi) is 2.42. The second kappa shape index (κ2) is 3.58. The smallest absolute Gasteiger partial charge is 0.252 e. The molecule has 0 amide bonds. The maximum atomic E-state index is 11.6. The first kappa shape index (κ1) is 9.46. The molecule has 0 spiro atoms. The lowest BCUT2D eigenvalue weighted by Gasteiger charge is -2.19. The lowest BCUT2D eigenvalue weighted by atomic mass is 9.91. The quantitative estimate of drug-likeness (QED) is 0.698. The standard InChI is InChI=1S/C11H16N2O/c1-7-8-4-2-3-5-10(8)13-11(14)9(7)6-12/h2-6,12H2,1H3,(H,13,14). The van der Waals surface area contributed by atoms with Crippen LogP contribution in [0.3, 0.4) is 0 Å². The Morgan fingerprint density at radius 1 is 1.36 bits per heavy atom. The van der Waals surface area contributed by atoms with Gasteiger partial charge in [0.05, 0.1) is 0 Å². The van der Waals surface area contributed by atoms with Gasteiger partial charge in [-0.1, -0.05) is 0 Å². The van der Waals surface area contributed by atoms with Gasteiger partial charge in [-0.2, -0.15) is 0 Å². The summed E-state index contributed by atoms with van der Waals surface area (Å²) in [6, 6.07) is 0. The van der Waals surface area contributed by atoms with Crippen molar-refractivity contribution in [3.05, 3.63) is 32.7 Å². The van der Waals surface area contributed by atoms with Crippen LogP contribution in [0.25, 0.3) is 0 Å². The van der Waals surface area contributed by atoms with Crippen molar-refractivity contribution in [3.8, 4) is 0 Å². The molecule has 1 heterocycles. The van der Waals surface area contributed by atoms with E-state index in [9.17, 15) is 4.79 Å². The Labute approximate surface area is 83.3 Å². The summed E-state index contributed by atoms with van der Waals surface area (Å²) in [5, 5.41) is 0. The first-order valence-corrected chi connectivity index (χ1v) is 5.17. The Bertz CT molecular complexity index is 406. The molecule has 0 fully saturated rings. The van der Waals surface area contributed by atoms with Crippen molar-refractivity contribution in [2.45, 2.75) is 39.2 Å². The van der Waals surface area contributed by atoms with Crippen LogP contribution in [0.2, 0.25) is 0 Å². The highest BCUT2D eigenvalue weighted by Gasteiger charge is 2.15. The molecule has 0 aliphatic heterocycles. The second-order valence-corrected chi connectivity index (χ2v) is 3.93. The van der Waals surface area contributed by atoms with Crippen molar-refractivity contribution in [1.29, 1.82) is 0 Å². The summed E-state index contributed by atoms with van der Waals surface area (Å²) in [7, 11) is 0. The van der Waals surface area contributed by atoms with Crippen LogP contribution >= 0.6 is 0 Å². The van der Waals surface area contributed by atoms with Crippen LogP contribution in [0.5, 0.6) is 0 Å². The minimum Gasteiger partial charge on any atom is -0.326 e. The zero-order valence-corrected chi connectivity index (χ0v) is 8.52. The Morgan fingerprint density at radius 3 is 2.79 bits per heavy atom. The number of H-pyrrole nitrogens is 1. The molecule has 0 atom stereocenters. The summed E-state index contributed by atoms with van der Waals surface area (Å²) in [6.45, 7) is 2.36. The molecule has 14 heavy (non-hydrogen) atoms. The SMILES string of the molecule is Cc1c2c([nH]c(=O)c1CN)CCCC2. The highest BCUT2D eigenvalue weighted by molar-refractivity contribution is 5.36.